The third-order valence-corrected chi connectivity index (χ3v) is 4.36. The number of para-hydroxylation sites is 1. The maximum Gasteiger partial charge on any atom is 0.255 e. The van der Waals surface area contributed by atoms with E-state index in [1.807, 2.05) is 43.3 Å². The molecule has 2 rings (SSSR count). The molecular weight excluding hydrogens is 298 g/mol. The summed E-state index contributed by atoms with van der Waals surface area (Å²) < 4.78 is 5.80. The van der Waals surface area contributed by atoms with E-state index < -0.39 is 0 Å². The first-order valence-electron chi connectivity index (χ1n) is 8.72. The highest BCUT2D eigenvalue weighted by Crippen LogP contribution is 2.27. The van der Waals surface area contributed by atoms with Crippen LogP contribution in [0.25, 0.3) is 0 Å². The highest BCUT2D eigenvalue weighted by atomic mass is 16.5. The molecule has 1 N–H and O–H groups in total. The average Bonchev–Trinajstić information content (AvgIpc) is 2.61. The lowest BCUT2D eigenvalue weighted by Crippen LogP contribution is -2.15. The quantitative estimate of drug-likeness (QED) is 0.716. The second kappa shape index (κ2) is 8.53. The van der Waals surface area contributed by atoms with Gasteiger partial charge in [0, 0.05) is 11.3 Å². The Hall–Kier alpha value is -2.29. The van der Waals surface area contributed by atoms with Gasteiger partial charge in [-0.2, -0.15) is 0 Å². The Labute approximate surface area is 145 Å². The molecule has 0 fully saturated rings. The van der Waals surface area contributed by atoms with Crippen LogP contribution in [0, 0.1) is 0 Å². The first kappa shape index (κ1) is 18.1. The Bertz CT molecular complexity index is 681. The molecule has 3 nitrogen and oxygen atoms in total. The summed E-state index contributed by atoms with van der Waals surface area (Å²) in [4.78, 5) is 12.6. The molecule has 0 bridgehead atoms. The van der Waals surface area contributed by atoms with Crippen molar-refractivity contribution in [2.45, 2.75) is 52.6 Å². The number of rotatable bonds is 7. The Balaban J connectivity index is 2.17. The van der Waals surface area contributed by atoms with Crippen LogP contribution in [0.3, 0.4) is 0 Å². The van der Waals surface area contributed by atoms with E-state index in [2.05, 4.69) is 32.2 Å². The van der Waals surface area contributed by atoms with E-state index in [9.17, 15) is 4.79 Å². The van der Waals surface area contributed by atoms with Crippen LogP contribution in [-0.2, 0) is 0 Å². The predicted octanol–water partition coefficient (Wildman–Crippen LogP) is 5.63. The summed E-state index contributed by atoms with van der Waals surface area (Å²) in [5.41, 5.74) is 2.65. The third kappa shape index (κ3) is 4.60. The van der Waals surface area contributed by atoms with Crippen LogP contribution >= 0.6 is 0 Å². The number of amides is 1. The standard InChI is InChI=1S/C21H27NO2/c1-5-15(3)19-12-7-8-13-20(19)22-21(23)17-10-9-11-18(14-17)24-16(4)6-2/h7-16H,5-6H2,1-4H3,(H,22,23)/t15-,16-/m1/s1. The SMILES string of the molecule is CC[C@@H](C)Oc1cccc(C(=O)Nc2ccccc2[C@H](C)CC)c1. The largest absolute Gasteiger partial charge is 0.491 e. The van der Waals surface area contributed by atoms with Crippen molar-refractivity contribution in [3.63, 3.8) is 0 Å². The van der Waals surface area contributed by atoms with Gasteiger partial charge in [0.25, 0.3) is 5.91 Å². The van der Waals surface area contributed by atoms with Gasteiger partial charge < -0.3 is 10.1 Å². The normalized spacial score (nSPS) is 13.2. The molecule has 2 aromatic carbocycles. The maximum atomic E-state index is 12.6. The highest BCUT2D eigenvalue weighted by molar-refractivity contribution is 6.04. The summed E-state index contributed by atoms with van der Waals surface area (Å²) in [5, 5.41) is 3.04. The Morgan fingerprint density at radius 3 is 2.50 bits per heavy atom. The van der Waals surface area contributed by atoms with Crippen molar-refractivity contribution in [2.75, 3.05) is 5.32 Å². The van der Waals surface area contributed by atoms with E-state index in [0.29, 0.717) is 11.5 Å². The molecule has 0 saturated carbocycles. The summed E-state index contributed by atoms with van der Waals surface area (Å²) in [7, 11) is 0. The van der Waals surface area contributed by atoms with Gasteiger partial charge in [-0.1, -0.05) is 45.0 Å². The Morgan fingerprint density at radius 1 is 1.04 bits per heavy atom. The fourth-order valence-electron chi connectivity index (χ4n) is 2.48. The zero-order chi connectivity index (χ0) is 17.5. The van der Waals surface area contributed by atoms with Gasteiger partial charge in [0.2, 0.25) is 0 Å². The van der Waals surface area contributed by atoms with Gasteiger partial charge in [0.1, 0.15) is 5.75 Å². The van der Waals surface area contributed by atoms with Gasteiger partial charge in [-0.05, 0) is 55.5 Å². The molecule has 0 radical (unpaired) electrons. The van der Waals surface area contributed by atoms with Gasteiger partial charge in [-0.25, -0.2) is 0 Å². The van der Waals surface area contributed by atoms with Crippen LogP contribution in [0.15, 0.2) is 48.5 Å². The molecule has 0 aliphatic carbocycles. The number of carbonyl (C=O) groups is 1. The van der Waals surface area contributed by atoms with Crippen LogP contribution in [-0.4, -0.2) is 12.0 Å². The van der Waals surface area contributed by atoms with Crippen molar-refractivity contribution in [1.29, 1.82) is 0 Å². The summed E-state index contributed by atoms with van der Waals surface area (Å²) in [6, 6.07) is 15.3. The molecule has 0 heterocycles. The zero-order valence-electron chi connectivity index (χ0n) is 15.0. The molecule has 0 aliphatic heterocycles. The Kier molecular flexibility index (Phi) is 6.42. The maximum absolute atomic E-state index is 12.6. The summed E-state index contributed by atoms with van der Waals surface area (Å²) in [6.45, 7) is 8.42. The second-order valence-electron chi connectivity index (χ2n) is 6.22. The number of ether oxygens (including phenoxy) is 1. The molecule has 0 unspecified atom stereocenters. The lowest BCUT2D eigenvalue weighted by Gasteiger charge is -2.16. The average molecular weight is 325 g/mol. The number of benzene rings is 2. The topological polar surface area (TPSA) is 38.3 Å². The van der Waals surface area contributed by atoms with Crippen LogP contribution < -0.4 is 10.1 Å². The first-order chi connectivity index (χ1) is 11.5. The van der Waals surface area contributed by atoms with E-state index in [4.69, 9.17) is 4.74 Å². The van der Waals surface area contributed by atoms with E-state index >= 15 is 0 Å². The van der Waals surface area contributed by atoms with Gasteiger partial charge in [0.15, 0.2) is 0 Å². The molecular formula is C21H27NO2. The van der Waals surface area contributed by atoms with E-state index in [0.717, 1.165) is 24.3 Å². The van der Waals surface area contributed by atoms with Gasteiger partial charge >= 0.3 is 0 Å². The monoisotopic (exact) mass is 325 g/mol. The smallest absolute Gasteiger partial charge is 0.255 e. The Morgan fingerprint density at radius 2 is 1.79 bits per heavy atom. The lowest BCUT2D eigenvalue weighted by atomic mass is 9.97. The molecule has 2 aromatic rings. The predicted molar refractivity (Wildman–Crippen MR) is 99.9 cm³/mol. The van der Waals surface area contributed by atoms with Crippen molar-refractivity contribution >= 4 is 11.6 Å². The van der Waals surface area contributed by atoms with E-state index in [-0.39, 0.29) is 12.0 Å². The summed E-state index contributed by atoms with van der Waals surface area (Å²) in [6.07, 6.45) is 2.10. The number of hydrogen-bond donors (Lipinski definition) is 1. The molecule has 1 amide bonds. The van der Waals surface area contributed by atoms with E-state index in [1.165, 1.54) is 5.56 Å². The number of nitrogens with one attached hydrogen (secondary N) is 1. The van der Waals surface area contributed by atoms with Gasteiger partial charge in [0.05, 0.1) is 6.10 Å². The van der Waals surface area contributed by atoms with Gasteiger partial charge in [-0.15, -0.1) is 0 Å². The minimum absolute atomic E-state index is 0.111. The molecule has 3 heteroatoms. The van der Waals surface area contributed by atoms with Crippen molar-refractivity contribution in [1.82, 2.24) is 0 Å². The zero-order valence-corrected chi connectivity index (χ0v) is 15.0. The van der Waals surface area contributed by atoms with Crippen LogP contribution in [0.1, 0.15) is 62.4 Å². The molecule has 0 spiro atoms. The number of hydrogen-bond acceptors (Lipinski definition) is 2. The van der Waals surface area contributed by atoms with Crippen LogP contribution in [0.2, 0.25) is 0 Å². The molecule has 128 valence electrons. The van der Waals surface area contributed by atoms with E-state index in [1.54, 1.807) is 6.07 Å². The number of anilines is 1. The minimum atomic E-state index is -0.111. The van der Waals surface area contributed by atoms with Crippen LogP contribution in [0.5, 0.6) is 5.75 Å². The molecule has 0 saturated heterocycles. The highest BCUT2D eigenvalue weighted by Gasteiger charge is 2.13. The summed E-state index contributed by atoms with van der Waals surface area (Å²) in [5.74, 6) is 1.02. The minimum Gasteiger partial charge on any atom is -0.491 e. The summed E-state index contributed by atoms with van der Waals surface area (Å²) >= 11 is 0. The third-order valence-electron chi connectivity index (χ3n) is 4.36. The molecule has 2 atom stereocenters. The lowest BCUT2D eigenvalue weighted by molar-refractivity contribution is 0.102. The van der Waals surface area contributed by atoms with Crippen molar-refractivity contribution in [3.8, 4) is 5.75 Å². The van der Waals surface area contributed by atoms with Crippen molar-refractivity contribution in [3.05, 3.63) is 59.7 Å². The molecule has 24 heavy (non-hydrogen) atoms. The van der Waals surface area contributed by atoms with Crippen LogP contribution in [0.4, 0.5) is 5.69 Å². The first-order valence-corrected chi connectivity index (χ1v) is 8.72. The fraction of sp³-hybridized carbons (Fsp3) is 0.381. The molecule has 0 aliphatic rings. The molecule has 0 aromatic heterocycles. The fourth-order valence-corrected chi connectivity index (χ4v) is 2.48. The van der Waals surface area contributed by atoms with Gasteiger partial charge in [-0.3, -0.25) is 4.79 Å². The van der Waals surface area contributed by atoms with Crippen molar-refractivity contribution < 1.29 is 9.53 Å². The number of carbonyl (C=O) groups excluding carboxylic acids is 1. The van der Waals surface area contributed by atoms with Crippen molar-refractivity contribution in [2.24, 2.45) is 0 Å². The second-order valence-corrected chi connectivity index (χ2v) is 6.22.